The molecule has 2 amide bonds. The molecule has 4 nitrogen and oxygen atoms in total. The molecule has 1 aliphatic carbocycles. The standard InChI is InChI=1S/C21H26N2O2/c1-15-7-2-5-12-19(15)23-21(25)14-22-20(24)13-17-10-6-9-16-8-3-4-11-18(16)17/h3-4,6,8-11,15,19H,2,5,7,12-14H2,1H3,(H,22,24)(H,23,25)/t15-,19+/m1/s1. The molecule has 3 rings (SSSR count). The monoisotopic (exact) mass is 338 g/mol. The molecule has 0 saturated heterocycles. The van der Waals surface area contributed by atoms with Crippen LogP contribution in [0.15, 0.2) is 42.5 Å². The number of carbonyl (C=O) groups is 2. The van der Waals surface area contributed by atoms with E-state index < -0.39 is 0 Å². The van der Waals surface area contributed by atoms with Crippen LogP contribution in [-0.2, 0) is 16.0 Å². The van der Waals surface area contributed by atoms with Gasteiger partial charge >= 0.3 is 0 Å². The highest BCUT2D eigenvalue weighted by Crippen LogP contribution is 2.23. The minimum absolute atomic E-state index is 0.0484. The van der Waals surface area contributed by atoms with Crippen molar-refractivity contribution in [2.75, 3.05) is 6.54 Å². The summed E-state index contributed by atoms with van der Waals surface area (Å²) in [6.45, 7) is 2.23. The highest BCUT2D eigenvalue weighted by molar-refractivity contribution is 5.91. The molecule has 2 atom stereocenters. The molecule has 1 fully saturated rings. The Kier molecular flexibility index (Phi) is 5.69. The van der Waals surface area contributed by atoms with Crippen molar-refractivity contribution in [1.29, 1.82) is 0 Å². The second-order valence-corrected chi connectivity index (χ2v) is 7.03. The number of hydrogen-bond donors (Lipinski definition) is 2. The summed E-state index contributed by atoms with van der Waals surface area (Å²) in [6.07, 6.45) is 4.90. The highest BCUT2D eigenvalue weighted by atomic mass is 16.2. The highest BCUT2D eigenvalue weighted by Gasteiger charge is 2.22. The lowest BCUT2D eigenvalue weighted by Crippen LogP contribution is -2.45. The Bertz CT molecular complexity index is 751. The first kappa shape index (κ1) is 17.5. The topological polar surface area (TPSA) is 58.2 Å². The molecule has 1 aliphatic rings. The number of rotatable bonds is 5. The van der Waals surface area contributed by atoms with Gasteiger partial charge in [-0.05, 0) is 35.1 Å². The van der Waals surface area contributed by atoms with E-state index in [9.17, 15) is 9.59 Å². The van der Waals surface area contributed by atoms with Gasteiger partial charge in [0.2, 0.25) is 11.8 Å². The van der Waals surface area contributed by atoms with Crippen molar-refractivity contribution in [3.63, 3.8) is 0 Å². The third-order valence-corrected chi connectivity index (χ3v) is 5.13. The second-order valence-electron chi connectivity index (χ2n) is 7.03. The predicted octanol–water partition coefficient (Wildman–Crippen LogP) is 3.19. The Hall–Kier alpha value is -2.36. The third kappa shape index (κ3) is 4.59. The van der Waals surface area contributed by atoms with Crippen molar-refractivity contribution in [3.8, 4) is 0 Å². The van der Waals surface area contributed by atoms with Crippen LogP contribution in [0.5, 0.6) is 0 Å². The molecule has 0 bridgehead atoms. The van der Waals surface area contributed by atoms with E-state index in [2.05, 4.69) is 17.6 Å². The second kappa shape index (κ2) is 8.15. The van der Waals surface area contributed by atoms with Gasteiger partial charge in [0.1, 0.15) is 0 Å². The first-order valence-electron chi connectivity index (χ1n) is 9.16. The maximum absolute atomic E-state index is 12.2. The number of benzene rings is 2. The zero-order valence-corrected chi connectivity index (χ0v) is 14.8. The summed E-state index contributed by atoms with van der Waals surface area (Å²) in [5.41, 5.74) is 0.983. The Balaban J connectivity index is 1.51. The molecule has 2 aromatic carbocycles. The summed E-state index contributed by atoms with van der Waals surface area (Å²) >= 11 is 0. The largest absolute Gasteiger partial charge is 0.352 e. The minimum Gasteiger partial charge on any atom is -0.352 e. The summed E-state index contributed by atoms with van der Waals surface area (Å²) < 4.78 is 0. The van der Waals surface area contributed by atoms with Crippen molar-refractivity contribution in [3.05, 3.63) is 48.0 Å². The van der Waals surface area contributed by atoms with Gasteiger partial charge in [-0.2, -0.15) is 0 Å². The molecule has 2 aromatic rings. The molecule has 2 N–H and O–H groups in total. The Morgan fingerprint density at radius 1 is 1.00 bits per heavy atom. The fraction of sp³-hybridized carbons (Fsp3) is 0.429. The zero-order valence-electron chi connectivity index (χ0n) is 14.8. The lowest BCUT2D eigenvalue weighted by Gasteiger charge is -2.29. The number of hydrogen-bond acceptors (Lipinski definition) is 2. The van der Waals surface area contributed by atoms with Crippen molar-refractivity contribution < 1.29 is 9.59 Å². The summed E-state index contributed by atoms with van der Waals surface area (Å²) in [4.78, 5) is 24.3. The van der Waals surface area contributed by atoms with Gasteiger partial charge in [0.15, 0.2) is 0 Å². The average molecular weight is 338 g/mol. The molecule has 0 unspecified atom stereocenters. The van der Waals surface area contributed by atoms with Crippen LogP contribution in [0.3, 0.4) is 0 Å². The van der Waals surface area contributed by atoms with E-state index in [1.807, 2.05) is 42.5 Å². The number of carbonyl (C=O) groups excluding carboxylic acids is 2. The lowest BCUT2D eigenvalue weighted by atomic mass is 9.86. The van der Waals surface area contributed by atoms with E-state index >= 15 is 0 Å². The van der Waals surface area contributed by atoms with Crippen LogP contribution >= 0.6 is 0 Å². The van der Waals surface area contributed by atoms with Gasteiger partial charge in [-0.25, -0.2) is 0 Å². The average Bonchev–Trinajstić information content (AvgIpc) is 2.62. The van der Waals surface area contributed by atoms with Crippen LogP contribution < -0.4 is 10.6 Å². The Morgan fingerprint density at radius 2 is 1.76 bits per heavy atom. The van der Waals surface area contributed by atoms with Crippen molar-refractivity contribution >= 4 is 22.6 Å². The Morgan fingerprint density at radius 3 is 2.60 bits per heavy atom. The van der Waals surface area contributed by atoms with Crippen molar-refractivity contribution in [2.45, 2.75) is 45.1 Å². The van der Waals surface area contributed by atoms with Crippen LogP contribution in [0.25, 0.3) is 10.8 Å². The number of fused-ring (bicyclic) bond motifs is 1. The van der Waals surface area contributed by atoms with Crippen LogP contribution in [0.4, 0.5) is 0 Å². The maximum atomic E-state index is 12.2. The summed E-state index contributed by atoms with van der Waals surface area (Å²) in [6, 6.07) is 14.2. The molecular weight excluding hydrogens is 312 g/mol. The van der Waals surface area contributed by atoms with Crippen LogP contribution in [0, 0.1) is 5.92 Å². The number of amides is 2. The maximum Gasteiger partial charge on any atom is 0.239 e. The summed E-state index contributed by atoms with van der Waals surface area (Å²) in [5.74, 6) is 0.303. The normalized spacial score (nSPS) is 20.2. The molecule has 4 heteroatoms. The van der Waals surface area contributed by atoms with Gasteiger partial charge in [0.05, 0.1) is 13.0 Å². The van der Waals surface area contributed by atoms with Gasteiger partial charge in [0, 0.05) is 6.04 Å². The molecule has 0 aliphatic heterocycles. The van der Waals surface area contributed by atoms with E-state index in [0.29, 0.717) is 5.92 Å². The van der Waals surface area contributed by atoms with Gasteiger partial charge < -0.3 is 10.6 Å². The van der Waals surface area contributed by atoms with Crippen molar-refractivity contribution in [1.82, 2.24) is 10.6 Å². The van der Waals surface area contributed by atoms with Crippen LogP contribution in [0.1, 0.15) is 38.2 Å². The predicted molar refractivity (Wildman–Crippen MR) is 100 cm³/mol. The van der Waals surface area contributed by atoms with E-state index in [-0.39, 0.29) is 30.8 Å². The molecule has 132 valence electrons. The quantitative estimate of drug-likeness (QED) is 0.879. The van der Waals surface area contributed by atoms with Crippen molar-refractivity contribution in [2.24, 2.45) is 5.92 Å². The lowest BCUT2D eigenvalue weighted by molar-refractivity contribution is -0.126. The fourth-order valence-electron chi connectivity index (χ4n) is 3.65. The van der Waals surface area contributed by atoms with E-state index in [4.69, 9.17) is 0 Å². The van der Waals surface area contributed by atoms with Crippen LogP contribution in [0.2, 0.25) is 0 Å². The first-order valence-corrected chi connectivity index (χ1v) is 9.16. The zero-order chi connectivity index (χ0) is 17.6. The smallest absolute Gasteiger partial charge is 0.239 e. The van der Waals surface area contributed by atoms with Gasteiger partial charge in [-0.3, -0.25) is 9.59 Å². The van der Waals surface area contributed by atoms with Crippen LogP contribution in [-0.4, -0.2) is 24.4 Å². The summed E-state index contributed by atoms with van der Waals surface area (Å²) in [5, 5.41) is 8.02. The van der Waals surface area contributed by atoms with E-state index in [1.165, 1.54) is 19.3 Å². The molecule has 0 radical (unpaired) electrons. The van der Waals surface area contributed by atoms with Gasteiger partial charge in [-0.15, -0.1) is 0 Å². The molecule has 0 heterocycles. The molecule has 0 aromatic heterocycles. The van der Waals surface area contributed by atoms with E-state index in [1.54, 1.807) is 0 Å². The molecular formula is C21H26N2O2. The molecule has 1 saturated carbocycles. The van der Waals surface area contributed by atoms with Gasteiger partial charge in [0.25, 0.3) is 0 Å². The third-order valence-electron chi connectivity index (χ3n) is 5.13. The van der Waals surface area contributed by atoms with E-state index in [0.717, 1.165) is 22.8 Å². The Labute approximate surface area is 149 Å². The minimum atomic E-state index is -0.122. The molecule has 0 spiro atoms. The molecule has 25 heavy (non-hydrogen) atoms. The van der Waals surface area contributed by atoms with Gasteiger partial charge in [-0.1, -0.05) is 62.2 Å². The fourth-order valence-corrected chi connectivity index (χ4v) is 3.65. The first-order chi connectivity index (χ1) is 12.1. The SMILES string of the molecule is C[C@@H]1CCCC[C@@H]1NC(=O)CNC(=O)Cc1cccc2ccccc12. The number of nitrogens with one attached hydrogen (secondary N) is 2. The summed E-state index contributed by atoms with van der Waals surface area (Å²) in [7, 11) is 0.